The van der Waals surface area contributed by atoms with E-state index < -0.39 is 0 Å². The number of hydrogen-bond donors (Lipinski definition) is 0. The summed E-state index contributed by atoms with van der Waals surface area (Å²) >= 11 is 0. The average molecular weight is 269 g/mol. The molecular formula is C19H40. The molecule has 0 aromatic carbocycles. The van der Waals surface area contributed by atoms with Crippen LogP contribution in [0.5, 0.6) is 0 Å². The third kappa shape index (κ3) is 11.5. The van der Waals surface area contributed by atoms with Gasteiger partial charge in [-0.2, -0.15) is 0 Å². The second kappa shape index (κ2) is 10.7. The van der Waals surface area contributed by atoms with E-state index in [1.54, 1.807) is 0 Å². The van der Waals surface area contributed by atoms with Gasteiger partial charge in [0.1, 0.15) is 0 Å². The molecular weight excluding hydrogens is 228 g/mol. The van der Waals surface area contributed by atoms with Crippen molar-refractivity contribution in [3.63, 3.8) is 0 Å². The van der Waals surface area contributed by atoms with Crippen LogP contribution in [0.4, 0.5) is 0 Å². The molecule has 0 spiro atoms. The van der Waals surface area contributed by atoms with E-state index in [0.717, 1.165) is 29.6 Å². The third-order valence-electron chi connectivity index (χ3n) is 4.68. The van der Waals surface area contributed by atoms with Gasteiger partial charge in [0, 0.05) is 0 Å². The van der Waals surface area contributed by atoms with Crippen molar-refractivity contribution in [3.8, 4) is 0 Å². The van der Waals surface area contributed by atoms with Crippen molar-refractivity contribution in [1.82, 2.24) is 0 Å². The largest absolute Gasteiger partial charge is 0.0651 e. The Balaban J connectivity index is 3.66. The smallest absolute Gasteiger partial charge is 0.0440 e. The normalized spacial score (nSPS) is 18.3. The van der Waals surface area contributed by atoms with Gasteiger partial charge >= 0.3 is 0 Å². The summed E-state index contributed by atoms with van der Waals surface area (Å²) in [5.74, 6) is 4.54. The molecule has 0 aromatic heterocycles. The van der Waals surface area contributed by atoms with Gasteiger partial charge in [0.15, 0.2) is 0 Å². The average Bonchev–Trinajstić information content (AvgIpc) is 2.32. The van der Waals surface area contributed by atoms with Gasteiger partial charge in [0.25, 0.3) is 0 Å². The van der Waals surface area contributed by atoms with Gasteiger partial charge in [-0.3, -0.25) is 0 Å². The van der Waals surface area contributed by atoms with Gasteiger partial charge in [-0.15, -0.1) is 0 Å². The predicted octanol–water partition coefficient (Wildman–Crippen LogP) is 6.94. The SMILES string of the molecule is CCC(C)CC(C)CCC(C)CCC(C)CC(C)C. The summed E-state index contributed by atoms with van der Waals surface area (Å²) in [6.45, 7) is 16.7. The summed E-state index contributed by atoms with van der Waals surface area (Å²) in [6, 6.07) is 0. The first-order chi connectivity index (χ1) is 8.85. The summed E-state index contributed by atoms with van der Waals surface area (Å²) < 4.78 is 0. The Hall–Kier alpha value is 0. The maximum Gasteiger partial charge on any atom is -0.0440 e. The Morgan fingerprint density at radius 2 is 0.947 bits per heavy atom. The van der Waals surface area contributed by atoms with Crippen molar-refractivity contribution in [1.29, 1.82) is 0 Å². The van der Waals surface area contributed by atoms with Gasteiger partial charge in [0.2, 0.25) is 0 Å². The van der Waals surface area contributed by atoms with Gasteiger partial charge < -0.3 is 0 Å². The van der Waals surface area contributed by atoms with Crippen molar-refractivity contribution in [3.05, 3.63) is 0 Å². The van der Waals surface area contributed by atoms with Crippen molar-refractivity contribution in [2.24, 2.45) is 29.6 Å². The fourth-order valence-electron chi connectivity index (χ4n) is 3.18. The second-order valence-corrected chi connectivity index (χ2v) is 7.85. The van der Waals surface area contributed by atoms with Crippen molar-refractivity contribution in [2.75, 3.05) is 0 Å². The van der Waals surface area contributed by atoms with Crippen LogP contribution in [0.2, 0.25) is 0 Å². The molecule has 0 saturated carbocycles. The molecule has 0 N–H and O–H groups in total. The number of rotatable bonds is 11. The van der Waals surface area contributed by atoms with E-state index in [2.05, 4.69) is 48.5 Å². The quantitative estimate of drug-likeness (QED) is 0.381. The lowest BCUT2D eigenvalue weighted by atomic mass is 9.86. The molecule has 0 bridgehead atoms. The molecule has 0 aromatic rings. The molecule has 0 amide bonds. The van der Waals surface area contributed by atoms with Crippen LogP contribution in [0.1, 0.15) is 93.4 Å². The van der Waals surface area contributed by atoms with Crippen molar-refractivity contribution < 1.29 is 0 Å². The molecule has 0 aliphatic carbocycles. The van der Waals surface area contributed by atoms with Crippen LogP contribution < -0.4 is 0 Å². The van der Waals surface area contributed by atoms with Gasteiger partial charge in [-0.25, -0.2) is 0 Å². The lowest BCUT2D eigenvalue weighted by molar-refractivity contribution is 0.325. The second-order valence-electron chi connectivity index (χ2n) is 7.85. The summed E-state index contributed by atoms with van der Waals surface area (Å²) in [6.07, 6.45) is 9.90. The molecule has 4 unspecified atom stereocenters. The highest BCUT2D eigenvalue weighted by Crippen LogP contribution is 2.25. The summed E-state index contributed by atoms with van der Waals surface area (Å²) in [5.41, 5.74) is 0. The maximum absolute atomic E-state index is 2.46. The van der Waals surface area contributed by atoms with Crippen LogP contribution in [0.3, 0.4) is 0 Å². The third-order valence-corrected chi connectivity index (χ3v) is 4.68. The molecule has 4 atom stereocenters. The van der Waals surface area contributed by atoms with E-state index in [4.69, 9.17) is 0 Å². The molecule has 0 nitrogen and oxygen atoms in total. The van der Waals surface area contributed by atoms with E-state index >= 15 is 0 Å². The zero-order valence-corrected chi connectivity index (χ0v) is 14.8. The van der Waals surface area contributed by atoms with Crippen LogP contribution >= 0.6 is 0 Å². The van der Waals surface area contributed by atoms with Crippen LogP contribution in [0, 0.1) is 29.6 Å². The first kappa shape index (κ1) is 19.0. The van der Waals surface area contributed by atoms with E-state index in [-0.39, 0.29) is 0 Å². The molecule has 0 rings (SSSR count). The lowest BCUT2D eigenvalue weighted by Crippen LogP contribution is -2.07. The van der Waals surface area contributed by atoms with Crippen molar-refractivity contribution in [2.45, 2.75) is 93.4 Å². The van der Waals surface area contributed by atoms with E-state index in [1.165, 1.54) is 44.9 Å². The zero-order valence-electron chi connectivity index (χ0n) is 14.8. The van der Waals surface area contributed by atoms with E-state index in [0.29, 0.717) is 0 Å². The van der Waals surface area contributed by atoms with Gasteiger partial charge in [0.05, 0.1) is 0 Å². The molecule has 0 radical (unpaired) electrons. The number of hydrogen-bond acceptors (Lipinski definition) is 0. The first-order valence-corrected chi connectivity index (χ1v) is 8.85. The van der Waals surface area contributed by atoms with E-state index in [1.807, 2.05) is 0 Å². The lowest BCUT2D eigenvalue weighted by Gasteiger charge is -2.20. The first-order valence-electron chi connectivity index (χ1n) is 8.85. The molecule has 0 saturated heterocycles. The standard InChI is InChI=1S/C19H40/c1-8-16(4)14-19(7)12-10-17(5)9-11-18(6)13-15(2)3/h15-19H,8-14H2,1-7H3. The van der Waals surface area contributed by atoms with Crippen molar-refractivity contribution >= 4 is 0 Å². The van der Waals surface area contributed by atoms with Crippen LogP contribution in [0.15, 0.2) is 0 Å². The molecule has 0 fully saturated rings. The monoisotopic (exact) mass is 268 g/mol. The Morgan fingerprint density at radius 1 is 0.526 bits per heavy atom. The van der Waals surface area contributed by atoms with Gasteiger partial charge in [-0.1, -0.05) is 80.6 Å². The van der Waals surface area contributed by atoms with Gasteiger partial charge in [-0.05, 0) is 42.4 Å². The summed E-state index contributed by atoms with van der Waals surface area (Å²) in [5, 5.41) is 0. The zero-order chi connectivity index (χ0) is 14.8. The fourth-order valence-corrected chi connectivity index (χ4v) is 3.18. The minimum Gasteiger partial charge on any atom is -0.0651 e. The van der Waals surface area contributed by atoms with E-state index in [9.17, 15) is 0 Å². The summed E-state index contributed by atoms with van der Waals surface area (Å²) in [7, 11) is 0. The Kier molecular flexibility index (Phi) is 10.7. The molecule has 0 aliphatic rings. The molecule has 0 heteroatoms. The van der Waals surface area contributed by atoms with Crippen LogP contribution in [-0.4, -0.2) is 0 Å². The predicted molar refractivity (Wildman–Crippen MR) is 89.5 cm³/mol. The fraction of sp³-hybridized carbons (Fsp3) is 1.00. The highest BCUT2D eigenvalue weighted by Gasteiger charge is 2.11. The van der Waals surface area contributed by atoms with Crippen LogP contribution in [-0.2, 0) is 0 Å². The Bertz CT molecular complexity index is 194. The Labute approximate surface area is 123 Å². The highest BCUT2D eigenvalue weighted by molar-refractivity contribution is 4.64. The summed E-state index contributed by atoms with van der Waals surface area (Å²) in [4.78, 5) is 0. The molecule has 116 valence electrons. The van der Waals surface area contributed by atoms with Crippen LogP contribution in [0.25, 0.3) is 0 Å². The minimum atomic E-state index is 0.862. The molecule has 19 heavy (non-hydrogen) atoms. The molecule has 0 aliphatic heterocycles. The minimum absolute atomic E-state index is 0.862. The maximum atomic E-state index is 2.46. The molecule has 0 heterocycles. The topological polar surface area (TPSA) is 0 Å². The Morgan fingerprint density at radius 3 is 1.37 bits per heavy atom. The highest BCUT2D eigenvalue weighted by atomic mass is 14.2.